The van der Waals surface area contributed by atoms with E-state index in [1.807, 2.05) is 10.8 Å². The van der Waals surface area contributed by atoms with Gasteiger partial charge >= 0.3 is 0 Å². The molecule has 4 aromatic rings. The highest BCUT2D eigenvalue weighted by Crippen LogP contribution is 2.32. The lowest BCUT2D eigenvalue weighted by atomic mass is 9.95. The summed E-state index contributed by atoms with van der Waals surface area (Å²) in [7, 11) is -4.48. The number of pyridine rings is 1. The minimum absolute atomic E-state index is 0.0605. The first-order valence-electron chi connectivity index (χ1n) is 14.0. The number of hydrogen-bond acceptors (Lipinski definition) is 10. The SMILES string of the molecule is O=C(NS(=O)(=O)c1ccc(NCC2CCN(C3COC3)CC2)c([N+](=O)[O-])c1)c1ccc(Br)cc1Oc1cnc2[nH]ccc2c1. The Balaban J connectivity index is 1.15. The van der Waals surface area contributed by atoms with Crippen molar-refractivity contribution in [2.75, 3.05) is 38.2 Å². The van der Waals surface area contributed by atoms with Crippen LogP contribution >= 0.6 is 15.9 Å². The Labute approximate surface area is 261 Å². The van der Waals surface area contributed by atoms with Crippen molar-refractivity contribution < 1.29 is 27.6 Å². The number of benzene rings is 2. The molecule has 0 atom stereocenters. The van der Waals surface area contributed by atoms with Gasteiger partial charge in [0.2, 0.25) is 0 Å². The van der Waals surface area contributed by atoms with Crippen LogP contribution in [-0.2, 0) is 14.8 Å². The number of rotatable bonds is 10. The van der Waals surface area contributed by atoms with E-state index in [0.717, 1.165) is 50.6 Å². The number of likely N-dealkylation sites (tertiary alicyclic amines) is 1. The summed E-state index contributed by atoms with van der Waals surface area (Å²) in [6.45, 7) is 3.96. The number of anilines is 1. The fraction of sp³-hybridized carbons (Fsp3) is 0.310. The average Bonchev–Trinajstić information content (AvgIpc) is 3.43. The van der Waals surface area contributed by atoms with Crippen LogP contribution in [-0.4, -0.2) is 73.0 Å². The molecule has 4 heterocycles. The minimum Gasteiger partial charge on any atom is -0.455 e. The number of sulfonamides is 1. The topological polar surface area (TPSA) is 169 Å². The van der Waals surface area contributed by atoms with Crippen molar-refractivity contribution in [1.29, 1.82) is 0 Å². The number of H-pyrrole nitrogens is 1. The zero-order valence-corrected chi connectivity index (χ0v) is 25.8. The number of halogens is 1. The molecular weight excluding hydrogens is 656 g/mol. The molecule has 13 nitrogen and oxygen atoms in total. The number of nitro groups is 1. The number of aromatic nitrogens is 2. The minimum atomic E-state index is -4.48. The van der Waals surface area contributed by atoms with Gasteiger partial charge in [0.25, 0.3) is 21.6 Å². The van der Waals surface area contributed by atoms with Gasteiger partial charge in [-0.3, -0.25) is 19.8 Å². The van der Waals surface area contributed by atoms with E-state index in [4.69, 9.17) is 9.47 Å². The van der Waals surface area contributed by atoms with Crippen LogP contribution in [0.4, 0.5) is 11.4 Å². The highest BCUT2D eigenvalue weighted by molar-refractivity contribution is 9.10. The van der Waals surface area contributed by atoms with E-state index in [9.17, 15) is 23.3 Å². The zero-order chi connectivity index (χ0) is 30.8. The highest BCUT2D eigenvalue weighted by atomic mass is 79.9. The molecule has 0 aliphatic carbocycles. The second-order valence-corrected chi connectivity index (χ2v) is 13.3. The second-order valence-electron chi connectivity index (χ2n) is 10.8. The van der Waals surface area contributed by atoms with Crippen LogP contribution in [0.5, 0.6) is 11.5 Å². The van der Waals surface area contributed by atoms with Crippen LogP contribution in [0.25, 0.3) is 11.0 Å². The van der Waals surface area contributed by atoms with Crippen molar-refractivity contribution in [3.05, 3.63) is 81.1 Å². The lowest BCUT2D eigenvalue weighted by Crippen LogP contribution is -2.52. The number of nitrogens with zero attached hydrogens (tertiary/aromatic N) is 3. The molecule has 2 aromatic heterocycles. The Morgan fingerprint density at radius 2 is 1.95 bits per heavy atom. The van der Waals surface area contributed by atoms with Crippen LogP contribution in [0.15, 0.2) is 70.3 Å². The van der Waals surface area contributed by atoms with Crippen LogP contribution in [0.3, 0.4) is 0 Å². The number of carbonyl (C=O) groups is 1. The Bertz CT molecular complexity index is 1820. The Morgan fingerprint density at radius 1 is 1.16 bits per heavy atom. The lowest BCUT2D eigenvalue weighted by molar-refractivity contribution is -0.384. The molecule has 15 heteroatoms. The molecule has 0 radical (unpaired) electrons. The third kappa shape index (κ3) is 6.55. The third-order valence-electron chi connectivity index (χ3n) is 7.86. The normalized spacial score (nSPS) is 16.4. The molecule has 2 aliphatic rings. The van der Waals surface area contributed by atoms with Gasteiger partial charge in [0.15, 0.2) is 0 Å². The highest BCUT2D eigenvalue weighted by Gasteiger charge is 2.30. The van der Waals surface area contributed by atoms with Crippen molar-refractivity contribution in [2.45, 2.75) is 23.8 Å². The maximum atomic E-state index is 13.2. The molecule has 2 aliphatic heterocycles. The number of fused-ring (bicyclic) bond motifs is 1. The first-order chi connectivity index (χ1) is 21.2. The first-order valence-corrected chi connectivity index (χ1v) is 16.3. The number of nitrogens with one attached hydrogen (secondary N) is 3. The molecule has 230 valence electrons. The van der Waals surface area contributed by atoms with Gasteiger partial charge in [-0.25, -0.2) is 18.1 Å². The summed E-state index contributed by atoms with van der Waals surface area (Å²) in [5.74, 6) is -0.212. The number of nitro benzene ring substituents is 1. The van der Waals surface area contributed by atoms with E-state index < -0.39 is 31.4 Å². The number of hydrogen-bond donors (Lipinski definition) is 3. The molecule has 0 saturated carbocycles. The molecule has 1 amide bonds. The van der Waals surface area contributed by atoms with E-state index in [0.29, 0.717) is 34.4 Å². The van der Waals surface area contributed by atoms with E-state index >= 15 is 0 Å². The third-order valence-corrected chi connectivity index (χ3v) is 9.68. The number of piperidine rings is 1. The quantitative estimate of drug-likeness (QED) is 0.158. The van der Waals surface area contributed by atoms with E-state index in [-0.39, 0.29) is 17.0 Å². The van der Waals surface area contributed by atoms with E-state index in [1.54, 1.807) is 18.3 Å². The van der Waals surface area contributed by atoms with Crippen molar-refractivity contribution >= 4 is 54.3 Å². The Hall–Kier alpha value is -4.05. The summed E-state index contributed by atoms with van der Waals surface area (Å²) in [4.78, 5) is 33.7. The fourth-order valence-corrected chi connectivity index (χ4v) is 6.62. The molecule has 6 rings (SSSR count). The fourth-order valence-electron chi connectivity index (χ4n) is 5.30. The molecule has 2 saturated heterocycles. The smallest absolute Gasteiger partial charge is 0.293 e. The van der Waals surface area contributed by atoms with E-state index in [1.165, 1.54) is 30.5 Å². The van der Waals surface area contributed by atoms with Crippen LogP contribution in [0.1, 0.15) is 23.2 Å². The summed E-state index contributed by atoms with van der Waals surface area (Å²) < 4.78 is 40.2. The van der Waals surface area contributed by atoms with E-state index in [2.05, 4.69) is 36.1 Å². The van der Waals surface area contributed by atoms with Crippen molar-refractivity contribution in [3.8, 4) is 11.5 Å². The maximum Gasteiger partial charge on any atom is 0.293 e. The Morgan fingerprint density at radius 3 is 2.68 bits per heavy atom. The predicted octanol–water partition coefficient (Wildman–Crippen LogP) is 4.67. The Kier molecular flexibility index (Phi) is 8.53. The molecule has 2 fully saturated rings. The summed E-state index contributed by atoms with van der Waals surface area (Å²) >= 11 is 3.34. The molecular formula is C29H29BrN6O7S. The van der Waals surface area contributed by atoms with Gasteiger partial charge in [-0.1, -0.05) is 15.9 Å². The number of ether oxygens (including phenoxy) is 2. The molecule has 44 heavy (non-hydrogen) atoms. The van der Waals surface area contributed by atoms with Crippen molar-refractivity contribution in [1.82, 2.24) is 19.6 Å². The molecule has 0 spiro atoms. The first kappa shape index (κ1) is 30.0. The monoisotopic (exact) mass is 684 g/mol. The standard InChI is InChI=1S/C29H29BrN6O7S/c30-20-1-3-24(27(12-20)43-22-11-19-5-8-31-28(19)33-15-22)29(37)34-44(40,41)23-2-4-25(26(13-23)36(38)39)32-14-18-6-9-35(10-7-18)21-16-42-17-21/h1-5,8,11-13,15,18,21,32H,6-7,9-10,14,16-17H2,(H,31,33)(H,34,37). The number of carbonyl (C=O) groups excluding carboxylic acids is 1. The van der Waals surface area contributed by atoms with Gasteiger partial charge in [0, 0.05) is 28.7 Å². The van der Waals surface area contributed by atoms with Gasteiger partial charge in [0.1, 0.15) is 22.8 Å². The summed E-state index contributed by atoms with van der Waals surface area (Å²) in [5, 5.41) is 15.8. The van der Waals surface area contributed by atoms with Gasteiger partial charge in [0.05, 0.1) is 40.8 Å². The number of aromatic amines is 1. The lowest BCUT2D eigenvalue weighted by Gasteiger charge is -2.41. The largest absolute Gasteiger partial charge is 0.455 e. The van der Waals surface area contributed by atoms with Gasteiger partial charge in [-0.15, -0.1) is 0 Å². The summed E-state index contributed by atoms with van der Waals surface area (Å²) in [5.41, 5.74) is 0.414. The summed E-state index contributed by atoms with van der Waals surface area (Å²) in [6.07, 6.45) is 5.11. The maximum absolute atomic E-state index is 13.2. The molecule has 0 bridgehead atoms. The van der Waals surface area contributed by atoms with Gasteiger partial charge in [-0.05, 0) is 74.3 Å². The van der Waals surface area contributed by atoms with Crippen LogP contribution in [0.2, 0.25) is 0 Å². The van der Waals surface area contributed by atoms with Crippen LogP contribution in [0, 0.1) is 16.0 Å². The number of amides is 1. The van der Waals surface area contributed by atoms with Crippen molar-refractivity contribution in [3.63, 3.8) is 0 Å². The van der Waals surface area contributed by atoms with Crippen LogP contribution < -0.4 is 14.8 Å². The molecule has 2 aromatic carbocycles. The van der Waals surface area contributed by atoms with Gasteiger partial charge in [-0.2, -0.15) is 0 Å². The molecule has 3 N–H and O–H groups in total. The zero-order valence-electron chi connectivity index (χ0n) is 23.4. The summed E-state index contributed by atoms with van der Waals surface area (Å²) in [6, 6.07) is 12.1. The van der Waals surface area contributed by atoms with Crippen molar-refractivity contribution in [2.24, 2.45) is 5.92 Å². The average molecular weight is 686 g/mol. The molecule has 0 unspecified atom stereocenters. The predicted molar refractivity (Wildman–Crippen MR) is 165 cm³/mol. The van der Waals surface area contributed by atoms with Gasteiger partial charge < -0.3 is 19.8 Å². The second kappa shape index (κ2) is 12.5.